The first-order chi connectivity index (χ1) is 16.0. The van der Waals surface area contributed by atoms with Gasteiger partial charge in [-0.1, -0.05) is 41.6 Å². The van der Waals surface area contributed by atoms with Crippen LogP contribution in [0.4, 0.5) is 14.5 Å². The van der Waals surface area contributed by atoms with Crippen molar-refractivity contribution in [1.29, 1.82) is 0 Å². The van der Waals surface area contributed by atoms with E-state index in [-0.39, 0.29) is 17.2 Å². The average Bonchev–Trinajstić information content (AvgIpc) is 3.24. The van der Waals surface area contributed by atoms with E-state index in [0.29, 0.717) is 11.0 Å². The summed E-state index contributed by atoms with van der Waals surface area (Å²) in [6.45, 7) is -0.993. The Bertz CT molecular complexity index is 1230. The summed E-state index contributed by atoms with van der Waals surface area (Å²) >= 11 is 1.18. The van der Waals surface area contributed by atoms with Crippen molar-refractivity contribution in [1.82, 2.24) is 19.7 Å². The molecule has 0 atom stereocenters. The highest BCUT2D eigenvalue weighted by molar-refractivity contribution is 7.99. The van der Waals surface area contributed by atoms with Crippen molar-refractivity contribution in [3.63, 3.8) is 0 Å². The number of hydrogen-bond donors (Lipinski definition) is 1. The van der Waals surface area contributed by atoms with Gasteiger partial charge in [-0.2, -0.15) is 8.78 Å². The van der Waals surface area contributed by atoms with Crippen molar-refractivity contribution in [2.24, 2.45) is 0 Å². The fourth-order valence-corrected chi connectivity index (χ4v) is 3.81. The minimum Gasteiger partial charge on any atom is -0.433 e. The van der Waals surface area contributed by atoms with E-state index in [1.165, 1.54) is 23.9 Å². The van der Waals surface area contributed by atoms with Gasteiger partial charge in [0.05, 0.1) is 11.4 Å². The molecule has 2 heterocycles. The lowest BCUT2D eigenvalue weighted by Gasteiger charge is -2.12. The van der Waals surface area contributed by atoms with E-state index in [1.807, 2.05) is 47.9 Å². The molecule has 33 heavy (non-hydrogen) atoms. The van der Waals surface area contributed by atoms with Crippen molar-refractivity contribution >= 4 is 23.4 Å². The van der Waals surface area contributed by atoms with E-state index in [0.717, 1.165) is 16.8 Å². The fourth-order valence-electron chi connectivity index (χ4n) is 3.06. The SMILES string of the molecule is Cc1ccc(-n2c(SCC(=O)Nc3ccccc3OC(F)F)nnc2-c2ccncc2)cc1. The van der Waals surface area contributed by atoms with Crippen LogP contribution in [0.1, 0.15) is 5.56 Å². The largest absolute Gasteiger partial charge is 0.433 e. The number of benzene rings is 2. The normalized spacial score (nSPS) is 10.9. The van der Waals surface area contributed by atoms with Gasteiger partial charge in [0, 0.05) is 23.6 Å². The van der Waals surface area contributed by atoms with Gasteiger partial charge in [-0.3, -0.25) is 14.3 Å². The Balaban J connectivity index is 1.56. The van der Waals surface area contributed by atoms with Crippen LogP contribution in [0.2, 0.25) is 0 Å². The molecule has 0 aliphatic rings. The van der Waals surface area contributed by atoms with Crippen molar-refractivity contribution in [2.45, 2.75) is 18.7 Å². The number of alkyl halides is 2. The van der Waals surface area contributed by atoms with Crippen LogP contribution in [0.25, 0.3) is 17.1 Å². The minimum atomic E-state index is -2.99. The number of anilines is 1. The number of para-hydroxylation sites is 2. The Kier molecular flexibility index (Phi) is 6.94. The third kappa shape index (κ3) is 5.53. The van der Waals surface area contributed by atoms with E-state index in [9.17, 15) is 13.6 Å². The van der Waals surface area contributed by atoms with Crippen molar-refractivity contribution in [3.05, 3.63) is 78.6 Å². The molecule has 0 saturated carbocycles. The summed E-state index contributed by atoms with van der Waals surface area (Å²) < 4.78 is 31.6. The summed E-state index contributed by atoms with van der Waals surface area (Å²) in [5.41, 5.74) is 2.94. The van der Waals surface area contributed by atoms with Crippen molar-refractivity contribution in [3.8, 4) is 22.8 Å². The van der Waals surface area contributed by atoms with Gasteiger partial charge < -0.3 is 10.1 Å². The smallest absolute Gasteiger partial charge is 0.387 e. The number of hydrogen-bond acceptors (Lipinski definition) is 6. The molecule has 168 valence electrons. The molecule has 1 N–H and O–H groups in total. The summed E-state index contributed by atoms with van der Waals surface area (Å²) in [5, 5.41) is 11.7. The zero-order valence-corrected chi connectivity index (χ0v) is 18.3. The number of aryl methyl sites for hydroxylation is 1. The summed E-state index contributed by atoms with van der Waals surface area (Å²) in [7, 11) is 0. The monoisotopic (exact) mass is 467 g/mol. The maximum absolute atomic E-state index is 12.6. The van der Waals surface area contributed by atoms with Crippen LogP contribution in [0.5, 0.6) is 5.75 Å². The number of carbonyl (C=O) groups is 1. The highest BCUT2D eigenvalue weighted by atomic mass is 32.2. The van der Waals surface area contributed by atoms with Crippen LogP contribution in [0.3, 0.4) is 0 Å². The maximum Gasteiger partial charge on any atom is 0.387 e. The van der Waals surface area contributed by atoms with Crippen LogP contribution < -0.4 is 10.1 Å². The van der Waals surface area contributed by atoms with E-state index < -0.39 is 12.5 Å². The Morgan fingerprint density at radius 3 is 2.52 bits per heavy atom. The van der Waals surface area contributed by atoms with E-state index in [4.69, 9.17) is 0 Å². The molecule has 0 fully saturated rings. The molecule has 7 nitrogen and oxygen atoms in total. The van der Waals surface area contributed by atoms with Gasteiger partial charge in [0.1, 0.15) is 5.75 Å². The molecule has 0 saturated heterocycles. The molecular formula is C23H19F2N5O2S. The molecule has 0 radical (unpaired) electrons. The number of nitrogens with one attached hydrogen (secondary N) is 1. The number of pyridine rings is 1. The molecule has 2 aromatic heterocycles. The number of thioether (sulfide) groups is 1. The number of halogens is 2. The molecule has 0 unspecified atom stereocenters. The number of rotatable bonds is 8. The van der Waals surface area contributed by atoms with Gasteiger partial charge in [-0.15, -0.1) is 10.2 Å². The summed E-state index contributed by atoms with van der Waals surface area (Å²) in [5.74, 6) is 0.103. The Labute approximate surface area is 192 Å². The second-order valence-electron chi connectivity index (χ2n) is 6.92. The number of carbonyl (C=O) groups excluding carboxylic acids is 1. The third-order valence-electron chi connectivity index (χ3n) is 4.57. The summed E-state index contributed by atoms with van der Waals surface area (Å²) in [6.07, 6.45) is 3.34. The van der Waals surface area contributed by atoms with Gasteiger partial charge >= 0.3 is 6.61 Å². The van der Waals surface area contributed by atoms with Crippen LogP contribution in [0, 0.1) is 6.92 Å². The number of nitrogens with zero attached hydrogens (tertiary/aromatic N) is 4. The van der Waals surface area contributed by atoms with E-state index in [1.54, 1.807) is 24.5 Å². The zero-order valence-electron chi connectivity index (χ0n) is 17.5. The number of amides is 1. The molecular weight excluding hydrogens is 448 g/mol. The molecule has 4 aromatic rings. The third-order valence-corrected chi connectivity index (χ3v) is 5.50. The molecule has 1 amide bonds. The predicted octanol–water partition coefficient (Wildman–Crippen LogP) is 4.97. The molecule has 2 aromatic carbocycles. The first-order valence-electron chi connectivity index (χ1n) is 9.90. The van der Waals surface area contributed by atoms with E-state index in [2.05, 4.69) is 25.2 Å². The van der Waals surface area contributed by atoms with Gasteiger partial charge in [-0.05, 0) is 43.3 Å². The van der Waals surface area contributed by atoms with Crippen LogP contribution >= 0.6 is 11.8 Å². The van der Waals surface area contributed by atoms with Gasteiger partial charge in [0.25, 0.3) is 0 Å². The van der Waals surface area contributed by atoms with Crippen LogP contribution in [-0.4, -0.2) is 38.0 Å². The molecule has 10 heteroatoms. The van der Waals surface area contributed by atoms with Crippen molar-refractivity contribution < 1.29 is 18.3 Å². The lowest BCUT2D eigenvalue weighted by molar-refractivity contribution is -0.113. The second kappa shape index (κ2) is 10.2. The number of aromatic nitrogens is 4. The molecule has 0 aliphatic carbocycles. The first-order valence-corrected chi connectivity index (χ1v) is 10.9. The Hall–Kier alpha value is -3.79. The lowest BCUT2D eigenvalue weighted by Crippen LogP contribution is -2.16. The van der Waals surface area contributed by atoms with Crippen molar-refractivity contribution in [2.75, 3.05) is 11.1 Å². The lowest BCUT2D eigenvalue weighted by atomic mass is 10.2. The molecule has 4 rings (SSSR count). The van der Waals surface area contributed by atoms with Gasteiger partial charge in [0.2, 0.25) is 5.91 Å². The van der Waals surface area contributed by atoms with Gasteiger partial charge in [-0.25, -0.2) is 0 Å². The van der Waals surface area contributed by atoms with E-state index >= 15 is 0 Å². The second-order valence-corrected chi connectivity index (χ2v) is 7.87. The van der Waals surface area contributed by atoms with Crippen LogP contribution in [-0.2, 0) is 4.79 Å². The van der Waals surface area contributed by atoms with Crippen LogP contribution in [0.15, 0.2) is 78.2 Å². The minimum absolute atomic E-state index is 0.0106. The Morgan fingerprint density at radius 2 is 1.79 bits per heavy atom. The predicted molar refractivity (Wildman–Crippen MR) is 122 cm³/mol. The highest BCUT2D eigenvalue weighted by Gasteiger charge is 2.18. The standard InChI is InChI=1S/C23H19F2N5O2S/c1-15-6-8-17(9-7-15)30-21(16-10-12-26-13-11-16)28-29-23(30)33-14-20(31)27-18-4-2-3-5-19(18)32-22(24)25/h2-13,22H,14H2,1H3,(H,27,31). The maximum atomic E-state index is 12.6. The number of ether oxygens (including phenoxy) is 1. The summed E-state index contributed by atoms with van der Waals surface area (Å²) in [6, 6.07) is 17.5. The Morgan fingerprint density at radius 1 is 1.06 bits per heavy atom. The topological polar surface area (TPSA) is 81.9 Å². The zero-order chi connectivity index (χ0) is 23.2. The van der Waals surface area contributed by atoms with Gasteiger partial charge in [0.15, 0.2) is 11.0 Å². The molecule has 0 spiro atoms. The average molecular weight is 468 g/mol. The highest BCUT2D eigenvalue weighted by Crippen LogP contribution is 2.29. The summed E-state index contributed by atoms with van der Waals surface area (Å²) in [4.78, 5) is 16.6. The molecule has 0 bridgehead atoms. The quantitative estimate of drug-likeness (QED) is 0.369. The molecule has 0 aliphatic heterocycles. The first kappa shape index (κ1) is 22.4. The fraction of sp³-hybridized carbons (Fsp3) is 0.130.